The van der Waals surface area contributed by atoms with Crippen LogP contribution in [0.3, 0.4) is 0 Å². The third kappa shape index (κ3) is 5.99. The number of sulfonamides is 1. The van der Waals surface area contributed by atoms with E-state index in [1.54, 1.807) is 62.6 Å². The van der Waals surface area contributed by atoms with Gasteiger partial charge in [0.2, 0.25) is 0 Å². The Hall–Kier alpha value is -3.52. The molecule has 0 aliphatic rings. The van der Waals surface area contributed by atoms with Gasteiger partial charge in [-0.25, -0.2) is 8.42 Å². The number of amides is 1. The second-order valence-electron chi connectivity index (χ2n) is 6.84. The quantitative estimate of drug-likeness (QED) is 0.529. The van der Waals surface area contributed by atoms with Gasteiger partial charge in [-0.15, -0.1) is 0 Å². The zero-order valence-corrected chi connectivity index (χ0v) is 18.1. The highest BCUT2D eigenvalue weighted by atomic mass is 32.2. The van der Waals surface area contributed by atoms with Crippen LogP contribution in [0.25, 0.3) is 0 Å². The summed E-state index contributed by atoms with van der Waals surface area (Å²) in [5.74, 6) is 0.781. The minimum Gasteiger partial charge on any atom is -0.493 e. The lowest BCUT2D eigenvalue weighted by Crippen LogP contribution is -2.36. The first kappa shape index (κ1) is 22.2. The van der Waals surface area contributed by atoms with Crippen molar-refractivity contribution in [3.05, 3.63) is 84.4 Å². The van der Waals surface area contributed by atoms with Gasteiger partial charge in [-0.3, -0.25) is 9.52 Å². The maximum atomic E-state index is 12.6. The zero-order chi connectivity index (χ0) is 22.3. The molecule has 0 aliphatic heterocycles. The summed E-state index contributed by atoms with van der Waals surface area (Å²) in [4.78, 5) is 12.6. The van der Waals surface area contributed by atoms with E-state index in [1.807, 2.05) is 12.1 Å². The Balaban J connectivity index is 1.64. The SMILES string of the molecule is COc1ccccc1OCC(C)NC(=O)c1cccc(S(=O)(=O)Nc2ccccc2)c1. The van der Waals surface area contributed by atoms with Crippen molar-refractivity contribution in [2.75, 3.05) is 18.4 Å². The highest BCUT2D eigenvalue weighted by molar-refractivity contribution is 7.92. The summed E-state index contributed by atoms with van der Waals surface area (Å²) in [6.45, 7) is 2.02. The van der Waals surface area contributed by atoms with Gasteiger partial charge in [-0.05, 0) is 49.4 Å². The molecule has 31 heavy (non-hydrogen) atoms. The maximum Gasteiger partial charge on any atom is 0.261 e. The van der Waals surface area contributed by atoms with Crippen molar-refractivity contribution >= 4 is 21.6 Å². The number of hydrogen-bond donors (Lipinski definition) is 2. The Morgan fingerprint density at radius 3 is 2.32 bits per heavy atom. The number of rotatable bonds is 9. The Bertz CT molecular complexity index is 1130. The first-order chi connectivity index (χ1) is 14.9. The van der Waals surface area contributed by atoms with E-state index >= 15 is 0 Å². The minimum atomic E-state index is -3.82. The third-order valence-electron chi connectivity index (χ3n) is 4.37. The predicted molar refractivity (Wildman–Crippen MR) is 119 cm³/mol. The topological polar surface area (TPSA) is 93.7 Å². The van der Waals surface area contributed by atoms with Crippen LogP contribution in [0.15, 0.2) is 83.8 Å². The lowest BCUT2D eigenvalue weighted by molar-refractivity contribution is 0.0926. The highest BCUT2D eigenvalue weighted by Gasteiger charge is 2.17. The molecule has 0 bridgehead atoms. The second-order valence-corrected chi connectivity index (χ2v) is 8.52. The van der Waals surface area contributed by atoms with Gasteiger partial charge in [0, 0.05) is 11.3 Å². The predicted octanol–water partition coefficient (Wildman–Crippen LogP) is 3.69. The number of ether oxygens (including phenoxy) is 2. The average molecular weight is 441 g/mol. The summed E-state index contributed by atoms with van der Waals surface area (Å²) in [5.41, 5.74) is 0.680. The summed E-state index contributed by atoms with van der Waals surface area (Å²) in [6, 6.07) is 21.3. The van der Waals surface area contributed by atoms with E-state index in [0.29, 0.717) is 17.2 Å². The number of nitrogens with one attached hydrogen (secondary N) is 2. The molecule has 0 aliphatic carbocycles. The summed E-state index contributed by atoms with van der Waals surface area (Å²) in [5, 5.41) is 2.81. The summed E-state index contributed by atoms with van der Waals surface area (Å²) >= 11 is 0. The van der Waals surface area contributed by atoms with Gasteiger partial charge in [-0.1, -0.05) is 36.4 Å². The molecule has 8 heteroatoms. The molecule has 0 heterocycles. The van der Waals surface area contributed by atoms with Gasteiger partial charge in [-0.2, -0.15) is 0 Å². The van der Waals surface area contributed by atoms with E-state index < -0.39 is 15.9 Å². The Kier molecular flexibility index (Phi) is 7.15. The molecule has 3 aromatic carbocycles. The van der Waals surface area contributed by atoms with Gasteiger partial charge in [0.1, 0.15) is 6.61 Å². The Morgan fingerprint density at radius 2 is 1.61 bits per heavy atom. The minimum absolute atomic E-state index is 0.00179. The highest BCUT2D eigenvalue weighted by Crippen LogP contribution is 2.25. The van der Waals surface area contributed by atoms with Gasteiger partial charge >= 0.3 is 0 Å². The average Bonchev–Trinajstić information content (AvgIpc) is 2.78. The lowest BCUT2D eigenvalue weighted by atomic mass is 10.2. The number of hydrogen-bond acceptors (Lipinski definition) is 5. The number of benzene rings is 3. The van der Waals surface area contributed by atoms with Gasteiger partial charge in [0.05, 0.1) is 18.0 Å². The van der Waals surface area contributed by atoms with E-state index in [-0.39, 0.29) is 23.1 Å². The van der Waals surface area contributed by atoms with Crippen LogP contribution in [0, 0.1) is 0 Å². The number of anilines is 1. The standard InChI is InChI=1S/C23H24N2O5S/c1-17(16-30-22-14-7-6-13-21(22)29-2)24-23(26)18-9-8-12-20(15-18)31(27,28)25-19-10-4-3-5-11-19/h3-15,17,25H,16H2,1-2H3,(H,24,26). The molecule has 0 radical (unpaired) electrons. The monoisotopic (exact) mass is 440 g/mol. The van der Waals surface area contributed by atoms with Crippen LogP contribution in [0.5, 0.6) is 11.5 Å². The van der Waals surface area contributed by atoms with Crippen molar-refractivity contribution in [3.8, 4) is 11.5 Å². The van der Waals surface area contributed by atoms with Crippen molar-refractivity contribution < 1.29 is 22.7 Å². The van der Waals surface area contributed by atoms with Crippen LogP contribution in [0.4, 0.5) is 5.69 Å². The molecule has 0 saturated heterocycles. The normalized spacial score (nSPS) is 11.9. The van der Waals surface area contributed by atoms with Crippen LogP contribution in [-0.4, -0.2) is 34.1 Å². The summed E-state index contributed by atoms with van der Waals surface area (Å²) in [7, 11) is -2.26. The molecule has 0 fully saturated rings. The van der Waals surface area contributed by atoms with E-state index in [0.717, 1.165) is 0 Å². The molecule has 2 N–H and O–H groups in total. The smallest absolute Gasteiger partial charge is 0.261 e. The molecule has 0 aromatic heterocycles. The van der Waals surface area contributed by atoms with E-state index in [2.05, 4.69) is 10.0 Å². The largest absolute Gasteiger partial charge is 0.493 e. The van der Waals surface area contributed by atoms with Crippen LogP contribution in [-0.2, 0) is 10.0 Å². The summed E-state index contributed by atoms with van der Waals surface area (Å²) < 4.78 is 38.8. The number of carbonyl (C=O) groups excluding carboxylic acids is 1. The second kappa shape index (κ2) is 9.99. The van der Waals surface area contributed by atoms with Crippen LogP contribution < -0.4 is 19.5 Å². The molecule has 162 valence electrons. The van der Waals surface area contributed by atoms with E-state index in [4.69, 9.17) is 9.47 Å². The third-order valence-corrected chi connectivity index (χ3v) is 5.75. The molecular weight excluding hydrogens is 416 g/mol. The van der Waals surface area contributed by atoms with Crippen molar-refractivity contribution in [1.82, 2.24) is 5.32 Å². The molecule has 1 amide bonds. The van der Waals surface area contributed by atoms with Crippen molar-refractivity contribution in [2.45, 2.75) is 17.9 Å². The molecule has 7 nitrogen and oxygen atoms in total. The fourth-order valence-corrected chi connectivity index (χ4v) is 3.93. The molecule has 0 spiro atoms. The molecular formula is C23H24N2O5S. The number of methoxy groups -OCH3 is 1. The molecule has 3 aromatic rings. The molecule has 1 atom stereocenters. The van der Waals surface area contributed by atoms with Crippen molar-refractivity contribution in [1.29, 1.82) is 0 Å². The van der Waals surface area contributed by atoms with Gasteiger partial charge < -0.3 is 14.8 Å². The van der Waals surface area contributed by atoms with E-state index in [9.17, 15) is 13.2 Å². The molecule has 1 unspecified atom stereocenters. The first-order valence-electron chi connectivity index (χ1n) is 9.63. The van der Waals surface area contributed by atoms with Crippen LogP contribution in [0.2, 0.25) is 0 Å². The van der Waals surface area contributed by atoms with Crippen molar-refractivity contribution in [3.63, 3.8) is 0 Å². The van der Waals surface area contributed by atoms with Crippen LogP contribution in [0.1, 0.15) is 17.3 Å². The van der Waals surface area contributed by atoms with Gasteiger partial charge in [0.25, 0.3) is 15.9 Å². The van der Waals surface area contributed by atoms with Gasteiger partial charge in [0.15, 0.2) is 11.5 Å². The number of para-hydroxylation sites is 3. The lowest BCUT2D eigenvalue weighted by Gasteiger charge is -2.17. The van der Waals surface area contributed by atoms with E-state index in [1.165, 1.54) is 18.2 Å². The zero-order valence-electron chi connectivity index (χ0n) is 17.2. The fraction of sp³-hybridized carbons (Fsp3) is 0.174. The van der Waals surface area contributed by atoms with Crippen LogP contribution >= 0.6 is 0 Å². The molecule has 3 rings (SSSR count). The molecule has 0 saturated carbocycles. The Morgan fingerprint density at radius 1 is 0.935 bits per heavy atom. The van der Waals surface area contributed by atoms with Crippen molar-refractivity contribution in [2.24, 2.45) is 0 Å². The first-order valence-corrected chi connectivity index (χ1v) is 11.1. The maximum absolute atomic E-state index is 12.6. The number of carbonyl (C=O) groups is 1. The fourth-order valence-electron chi connectivity index (χ4n) is 2.83. The summed E-state index contributed by atoms with van der Waals surface area (Å²) in [6.07, 6.45) is 0. The Labute approximate surface area is 182 Å².